The maximum Gasteiger partial charge on any atom is 0.337 e. The van der Waals surface area contributed by atoms with Gasteiger partial charge in [0.05, 0.1) is 23.1 Å². The van der Waals surface area contributed by atoms with Gasteiger partial charge in [0.2, 0.25) is 0 Å². The van der Waals surface area contributed by atoms with Crippen molar-refractivity contribution in [2.75, 3.05) is 17.7 Å². The van der Waals surface area contributed by atoms with E-state index in [9.17, 15) is 9.90 Å². The van der Waals surface area contributed by atoms with Gasteiger partial charge in [-0.15, -0.1) is 11.6 Å². The molecule has 17 heavy (non-hydrogen) atoms. The number of carbonyl (C=O) groups is 1. The lowest BCUT2D eigenvalue weighted by Gasteiger charge is -2.10. The van der Waals surface area contributed by atoms with E-state index in [-0.39, 0.29) is 23.6 Å². The van der Waals surface area contributed by atoms with Gasteiger partial charge in [-0.05, 0) is 18.2 Å². The first-order valence-corrected chi connectivity index (χ1v) is 5.37. The Morgan fingerprint density at radius 1 is 1.59 bits per heavy atom. The summed E-state index contributed by atoms with van der Waals surface area (Å²) in [4.78, 5) is 10.8. The van der Waals surface area contributed by atoms with Gasteiger partial charge in [0.25, 0.3) is 0 Å². The largest absolute Gasteiger partial charge is 0.478 e. The number of aliphatic hydroxyl groups excluding tert-OH is 1. The van der Waals surface area contributed by atoms with Gasteiger partial charge in [-0.2, -0.15) is 5.26 Å². The van der Waals surface area contributed by atoms with Gasteiger partial charge in [0, 0.05) is 12.2 Å². The Balaban J connectivity index is 2.84. The Kier molecular flexibility index (Phi) is 4.76. The van der Waals surface area contributed by atoms with E-state index in [4.69, 9.17) is 22.0 Å². The second kappa shape index (κ2) is 6.09. The SMILES string of the molecule is N#Cc1cc(NCC(O)CCl)ccc1C(=O)O. The zero-order valence-corrected chi connectivity index (χ0v) is 9.61. The molecule has 3 N–H and O–H groups in total. The topological polar surface area (TPSA) is 93.4 Å². The van der Waals surface area contributed by atoms with Crippen molar-refractivity contribution in [3.05, 3.63) is 29.3 Å². The number of benzene rings is 1. The molecule has 0 heterocycles. The van der Waals surface area contributed by atoms with Crippen molar-refractivity contribution >= 4 is 23.3 Å². The number of aromatic carboxylic acids is 1. The van der Waals surface area contributed by atoms with Crippen LogP contribution in [0.1, 0.15) is 15.9 Å². The van der Waals surface area contributed by atoms with E-state index in [0.29, 0.717) is 5.69 Å². The Labute approximate surface area is 103 Å². The minimum atomic E-state index is -1.14. The molecule has 0 aliphatic rings. The molecule has 1 rings (SSSR count). The molecule has 0 amide bonds. The van der Waals surface area contributed by atoms with Crippen molar-refractivity contribution in [3.8, 4) is 6.07 Å². The number of hydrogen-bond acceptors (Lipinski definition) is 4. The van der Waals surface area contributed by atoms with Crippen LogP contribution in [0.3, 0.4) is 0 Å². The summed E-state index contributed by atoms with van der Waals surface area (Å²) in [6, 6.07) is 6.11. The van der Waals surface area contributed by atoms with E-state index >= 15 is 0 Å². The molecule has 0 aliphatic heterocycles. The molecule has 0 saturated carbocycles. The highest BCUT2D eigenvalue weighted by Gasteiger charge is 2.10. The average Bonchev–Trinajstić information content (AvgIpc) is 2.35. The fourth-order valence-corrected chi connectivity index (χ4v) is 1.33. The number of rotatable bonds is 5. The number of nitrogens with one attached hydrogen (secondary N) is 1. The third kappa shape index (κ3) is 3.63. The first-order valence-electron chi connectivity index (χ1n) is 4.83. The van der Waals surface area contributed by atoms with Crippen molar-refractivity contribution in [1.82, 2.24) is 0 Å². The van der Waals surface area contributed by atoms with Crippen LogP contribution in [0.2, 0.25) is 0 Å². The summed E-state index contributed by atoms with van der Waals surface area (Å²) < 4.78 is 0. The molecule has 0 bridgehead atoms. The zero-order valence-electron chi connectivity index (χ0n) is 8.85. The van der Waals surface area contributed by atoms with Gasteiger partial charge >= 0.3 is 5.97 Å². The van der Waals surface area contributed by atoms with Crippen molar-refractivity contribution < 1.29 is 15.0 Å². The van der Waals surface area contributed by atoms with Crippen LogP contribution in [0.15, 0.2) is 18.2 Å². The molecule has 5 nitrogen and oxygen atoms in total. The van der Waals surface area contributed by atoms with Crippen LogP contribution in [0.25, 0.3) is 0 Å². The molecule has 0 saturated heterocycles. The van der Waals surface area contributed by atoms with Gasteiger partial charge in [-0.25, -0.2) is 4.79 Å². The van der Waals surface area contributed by atoms with E-state index in [0.717, 1.165) is 0 Å². The van der Waals surface area contributed by atoms with E-state index in [1.165, 1.54) is 18.2 Å². The fourth-order valence-electron chi connectivity index (χ4n) is 1.22. The summed E-state index contributed by atoms with van der Waals surface area (Å²) >= 11 is 5.42. The van der Waals surface area contributed by atoms with Crippen LogP contribution in [0, 0.1) is 11.3 Å². The van der Waals surface area contributed by atoms with Crippen molar-refractivity contribution in [1.29, 1.82) is 5.26 Å². The average molecular weight is 255 g/mol. The number of halogens is 1. The number of hydrogen-bond donors (Lipinski definition) is 3. The van der Waals surface area contributed by atoms with E-state index in [2.05, 4.69) is 5.32 Å². The number of carboxylic acids is 1. The predicted molar refractivity (Wildman–Crippen MR) is 63.3 cm³/mol. The standard InChI is InChI=1S/C11H11ClN2O3/c12-4-9(15)6-14-8-1-2-10(11(16)17)7(3-8)5-13/h1-3,9,14-15H,4,6H2,(H,16,17). The van der Waals surface area contributed by atoms with Crippen molar-refractivity contribution in [2.24, 2.45) is 0 Å². The molecule has 0 radical (unpaired) electrons. The summed E-state index contributed by atoms with van der Waals surface area (Å²) in [5.74, 6) is -1.04. The van der Waals surface area contributed by atoms with Crippen LogP contribution in [-0.2, 0) is 0 Å². The van der Waals surface area contributed by atoms with Gasteiger partial charge in [0.1, 0.15) is 6.07 Å². The molecule has 6 heteroatoms. The number of anilines is 1. The first-order chi connectivity index (χ1) is 8.08. The summed E-state index contributed by atoms with van der Waals surface area (Å²) in [6.07, 6.45) is -0.693. The second-order valence-electron chi connectivity index (χ2n) is 3.37. The van der Waals surface area contributed by atoms with Crippen molar-refractivity contribution in [3.63, 3.8) is 0 Å². The molecular formula is C11H11ClN2O3. The molecule has 1 unspecified atom stereocenters. The number of alkyl halides is 1. The number of carboxylic acid groups (broad SMARTS) is 1. The molecule has 0 fully saturated rings. The molecule has 1 aromatic carbocycles. The maximum absolute atomic E-state index is 10.8. The lowest BCUT2D eigenvalue weighted by molar-refractivity contribution is 0.0696. The van der Waals surface area contributed by atoms with Crippen LogP contribution < -0.4 is 5.32 Å². The van der Waals surface area contributed by atoms with E-state index < -0.39 is 12.1 Å². The highest BCUT2D eigenvalue weighted by molar-refractivity contribution is 6.18. The fraction of sp³-hybridized carbons (Fsp3) is 0.273. The molecule has 1 aromatic rings. The van der Waals surface area contributed by atoms with Gasteiger partial charge in [0.15, 0.2) is 0 Å². The maximum atomic E-state index is 10.8. The van der Waals surface area contributed by atoms with Gasteiger partial charge < -0.3 is 15.5 Å². The number of nitriles is 1. The first kappa shape index (κ1) is 13.3. The third-order valence-corrected chi connectivity index (χ3v) is 2.45. The Morgan fingerprint density at radius 3 is 2.82 bits per heavy atom. The monoisotopic (exact) mass is 254 g/mol. The Bertz CT molecular complexity index is 457. The smallest absolute Gasteiger partial charge is 0.337 e. The van der Waals surface area contributed by atoms with E-state index in [1.807, 2.05) is 6.07 Å². The molecule has 0 aromatic heterocycles. The molecular weight excluding hydrogens is 244 g/mol. The minimum Gasteiger partial charge on any atom is -0.478 e. The molecule has 0 spiro atoms. The second-order valence-corrected chi connectivity index (χ2v) is 3.67. The molecule has 1 atom stereocenters. The quantitative estimate of drug-likeness (QED) is 0.688. The minimum absolute atomic E-state index is 0.0454. The Hall–Kier alpha value is -1.77. The van der Waals surface area contributed by atoms with Crippen molar-refractivity contribution in [2.45, 2.75) is 6.10 Å². The summed E-state index contributed by atoms with van der Waals surface area (Å²) in [6.45, 7) is 0.237. The highest BCUT2D eigenvalue weighted by Crippen LogP contribution is 2.15. The normalized spacial score (nSPS) is 11.6. The lowest BCUT2D eigenvalue weighted by Crippen LogP contribution is -2.20. The summed E-state index contributed by atoms with van der Waals surface area (Å²) in [5.41, 5.74) is 0.592. The zero-order chi connectivity index (χ0) is 12.8. The lowest BCUT2D eigenvalue weighted by atomic mass is 10.1. The molecule has 0 aliphatic carbocycles. The Morgan fingerprint density at radius 2 is 2.29 bits per heavy atom. The number of nitrogens with zero attached hydrogens (tertiary/aromatic N) is 1. The summed E-state index contributed by atoms with van der Waals surface area (Å²) in [5, 5.41) is 29.7. The van der Waals surface area contributed by atoms with Crippen LogP contribution in [-0.4, -0.2) is 34.7 Å². The van der Waals surface area contributed by atoms with Crippen LogP contribution in [0.4, 0.5) is 5.69 Å². The summed E-state index contributed by atoms with van der Waals surface area (Å²) in [7, 11) is 0. The molecule has 90 valence electrons. The van der Waals surface area contributed by atoms with Crippen LogP contribution >= 0.6 is 11.6 Å². The predicted octanol–water partition coefficient (Wildman–Crippen LogP) is 1.27. The highest BCUT2D eigenvalue weighted by atomic mass is 35.5. The van der Waals surface area contributed by atoms with Gasteiger partial charge in [-0.3, -0.25) is 0 Å². The third-order valence-electron chi connectivity index (χ3n) is 2.09. The van der Waals surface area contributed by atoms with Gasteiger partial charge in [-0.1, -0.05) is 0 Å². The van der Waals surface area contributed by atoms with E-state index in [1.54, 1.807) is 0 Å². The van der Waals surface area contributed by atoms with Crippen LogP contribution in [0.5, 0.6) is 0 Å². The number of aliphatic hydroxyl groups is 1.